The van der Waals surface area contributed by atoms with E-state index in [0.29, 0.717) is 17.9 Å². The molecule has 1 heteroatoms. The summed E-state index contributed by atoms with van der Waals surface area (Å²) in [4.78, 5) is 0. The second-order valence-corrected chi connectivity index (χ2v) is 5.08. The van der Waals surface area contributed by atoms with Gasteiger partial charge in [0.1, 0.15) is 0 Å². The molecule has 1 aliphatic rings. The lowest BCUT2D eigenvalue weighted by Crippen LogP contribution is -2.00. The first kappa shape index (κ1) is 10.0. The maximum Gasteiger partial charge on any atom is 0.0433 e. The van der Waals surface area contributed by atoms with Gasteiger partial charge in [-0.15, -0.1) is 0 Å². The fourth-order valence-corrected chi connectivity index (χ4v) is 1.92. The summed E-state index contributed by atoms with van der Waals surface area (Å²) in [6, 6.07) is 0. The van der Waals surface area contributed by atoms with E-state index in [1.807, 2.05) is 0 Å². The Morgan fingerprint density at radius 2 is 2.00 bits per heavy atom. The van der Waals surface area contributed by atoms with E-state index in [1.54, 1.807) is 0 Å². The number of aliphatic hydroxyl groups excluding tert-OH is 1. The summed E-state index contributed by atoms with van der Waals surface area (Å²) in [6.07, 6.45) is 5.06. The van der Waals surface area contributed by atoms with Crippen molar-refractivity contribution in [1.82, 2.24) is 0 Å². The lowest BCUT2D eigenvalue weighted by molar-refractivity contribution is 0.255. The molecule has 0 unspecified atom stereocenters. The van der Waals surface area contributed by atoms with Gasteiger partial charge in [-0.3, -0.25) is 0 Å². The standard InChI is InChI=1S/C11H22O/c1-9(6-7-12)4-5-10-8-11(10,2)3/h9-10,12H,4-8H2,1-3H3/t9-,10+/m0/s1. The molecule has 2 atom stereocenters. The lowest BCUT2D eigenvalue weighted by Gasteiger charge is -2.09. The van der Waals surface area contributed by atoms with Gasteiger partial charge in [0.25, 0.3) is 0 Å². The van der Waals surface area contributed by atoms with E-state index in [0.717, 1.165) is 12.3 Å². The predicted octanol–water partition coefficient (Wildman–Crippen LogP) is 2.83. The third kappa shape index (κ3) is 2.78. The van der Waals surface area contributed by atoms with Crippen molar-refractivity contribution < 1.29 is 5.11 Å². The first-order valence-corrected chi connectivity index (χ1v) is 5.17. The molecule has 1 rings (SSSR count). The average molecular weight is 170 g/mol. The Bertz CT molecular complexity index is 140. The van der Waals surface area contributed by atoms with Gasteiger partial charge in [0.15, 0.2) is 0 Å². The molecule has 1 N–H and O–H groups in total. The topological polar surface area (TPSA) is 20.2 Å². The van der Waals surface area contributed by atoms with Gasteiger partial charge in [-0.1, -0.05) is 27.2 Å². The van der Waals surface area contributed by atoms with Gasteiger partial charge < -0.3 is 5.11 Å². The van der Waals surface area contributed by atoms with Crippen molar-refractivity contribution in [3.8, 4) is 0 Å². The van der Waals surface area contributed by atoms with Crippen molar-refractivity contribution in [2.45, 2.75) is 46.5 Å². The highest BCUT2D eigenvalue weighted by atomic mass is 16.3. The van der Waals surface area contributed by atoms with Gasteiger partial charge in [0.2, 0.25) is 0 Å². The summed E-state index contributed by atoms with van der Waals surface area (Å²) in [5.74, 6) is 1.69. The van der Waals surface area contributed by atoms with Crippen molar-refractivity contribution in [1.29, 1.82) is 0 Å². The Morgan fingerprint density at radius 1 is 1.42 bits per heavy atom. The molecule has 0 radical (unpaired) electrons. The maximum absolute atomic E-state index is 8.72. The van der Waals surface area contributed by atoms with E-state index in [2.05, 4.69) is 20.8 Å². The highest BCUT2D eigenvalue weighted by Crippen LogP contribution is 2.54. The molecule has 1 aliphatic carbocycles. The molecule has 72 valence electrons. The molecule has 0 aliphatic heterocycles. The fourth-order valence-electron chi connectivity index (χ4n) is 1.92. The summed E-state index contributed by atoms with van der Waals surface area (Å²) in [7, 11) is 0. The zero-order valence-corrected chi connectivity index (χ0v) is 8.64. The van der Waals surface area contributed by atoms with Crippen molar-refractivity contribution in [3.05, 3.63) is 0 Å². The minimum absolute atomic E-state index is 0.356. The van der Waals surface area contributed by atoms with Gasteiger partial charge in [-0.25, -0.2) is 0 Å². The normalized spacial score (nSPS) is 28.5. The second kappa shape index (κ2) is 3.78. The zero-order chi connectivity index (χ0) is 9.19. The molecule has 1 fully saturated rings. The SMILES string of the molecule is C[C@H](CCO)CC[C@@H]1CC1(C)C. The Hall–Kier alpha value is -0.0400. The van der Waals surface area contributed by atoms with Crippen LogP contribution in [0.15, 0.2) is 0 Å². The molecule has 0 amide bonds. The highest BCUT2D eigenvalue weighted by Gasteiger charge is 2.44. The predicted molar refractivity (Wildman–Crippen MR) is 52.0 cm³/mol. The third-order valence-electron chi connectivity index (χ3n) is 3.35. The van der Waals surface area contributed by atoms with Crippen molar-refractivity contribution in [2.24, 2.45) is 17.3 Å². The van der Waals surface area contributed by atoms with Crippen LogP contribution in [0.4, 0.5) is 0 Å². The summed E-state index contributed by atoms with van der Waals surface area (Å²) in [5, 5.41) is 8.72. The van der Waals surface area contributed by atoms with Crippen LogP contribution >= 0.6 is 0 Å². The summed E-state index contributed by atoms with van der Waals surface area (Å²) in [6.45, 7) is 7.31. The van der Waals surface area contributed by atoms with Crippen LogP contribution in [-0.4, -0.2) is 11.7 Å². The minimum atomic E-state index is 0.356. The van der Waals surface area contributed by atoms with Gasteiger partial charge in [-0.05, 0) is 36.5 Å². The largest absolute Gasteiger partial charge is 0.396 e. The van der Waals surface area contributed by atoms with E-state index < -0.39 is 0 Å². The van der Waals surface area contributed by atoms with E-state index in [4.69, 9.17) is 5.11 Å². The molecular weight excluding hydrogens is 148 g/mol. The van der Waals surface area contributed by atoms with Crippen molar-refractivity contribution in [2.75, 3.05) is 6.61 Å². The number of hydrogen-bond acceptors (Lipinski definition) is 1. The van der Waals surface area contributed by atoms with Gasteiger partial charge in [0.05, 0.1) is 0 Å². The highest BCUT2D eigenvalue weighted by molar-refractivity contribution is 4.94. The lowest BCUT2D eigenvalue weighted by atomic mass is 9.98. The van der Waals surface area contributed by atoms with Gasteiger partial charge in [-0.2, -0.15) is 0 Å². The van der Waals surface area contributed by atoms with E-state index in [-0.39, 0.29) is 0 Å². The Balaban J connectivity index is 2.03. The van der Waals surface area contributed by atoms with Crippen LogP contribution in [0, 0.1) is 17.3 Å². The maximum atomic E-state index is 8.72. The number of hydrogen-bond donors (Lipinski definition) is 1. The van der Waals surface area contributed by atoms with Crippen molar-refractivity contribution in [3.63, 3.8) is 0 Å². The fraction of sp³-hybridized carbons (Fsp3) is 1.00. The smallest absolute Gasteiger partial charge is 0.0433 e. The van der Waals surface area contributed by atoms with Crippen LogP contribution in [-0.2, 0) is 0 Å². The van der Waals surface area contributed by atoms with Gasteiger partial charge >= 0.3 is 0 Å². The first-order valence-electron chi connectivity index (χ1n) is 5.17. The Morgan fingerprint density at radius 3 is 2.42 bits per heavy atom. The second-order valence-electron chi connectivity index (χ2n) is 5.08. The van der Waals surface area contributed by atoms with Crippen LogP contribution < -0.4 is 0 Å². The summed E-state index contributed by atoms with van der Waals surface area (Å²) < 4.78 is 0. The molecule has 0 aromatic carbocycles. The molecule has 0 saturated heterocycles. The number of rotatable bonds is 5. The molecule has 0 bridgehead atoms. The minimum Gasteiger partial charge on any atom is -0.396 e. The van der Waals surface area contributed by atoms with Crippen LogP contribution in [0.25, 0.3) is 0 Å². The monoisotopic (exact) mass is 170 g/mol. The summed E-state index contributed by atoms with van der Waals surface area (Å²) >= 11 is 0. The zero-order valence-electron chi connectivity index (χ0n) is 8.64. The van der Waals surface area contributed by atoms with Crippen LogP contribution in [0.5, 0.6) is 0 Å². The molecule has 12 heavy (non-hydrogen) atoms. The van der Waals surface area contributed by atoms with E-state index >= 15 is 0 Å². The third-order valence-corrected chi connectivity index (χ3v) is 3.35. The number of aliphatic hydroxyl groups is 1. The first-order chi connectivity index (χ1) is 5.56. The van der Waals surface area contributed by atoms with Crippen LogP contribution in [0.1, 0.15) is 46.5 Å². The molecule has 0 spiro atoms. The molecule has 1 nitrogen and oxygen atoms in total. The molecule has 1 saturated carbocycles. The van der Waals surface area contributed by atoms with E-state index in [1.165, 1.54) is 19.3 Å². The van der Waals surface area contributed by atoms with Crippen molar-refractivity contribution >= 4 is 0 Å². The molecule has 0 aromatic rings. The quantitative estimate of drug-likeness (QED) is 0.672. The Kier molecular flexibility index (Phi) is 3.16. The molecule has 0 aromatic heterocycles. The summed E-state index contributed by atoms with van der Waals surface area (Å²) in [5.41, 5.74) is 0.638. The molecular formula is C11H22O. The molecule has 0 heterocycles. The van der Waals surface area contributed by atoms with Crippen LogP contribution in [0.2, 0.25) is 0 Å². The van der Waals surface area contributed by atoms with Crippen LogP contribution in [0.3, 0.4) is 0 Å². The van der Waals surface area contributed by atoms with Gasteiger partial charge in [0, 0.05) is 6.61 Å². The average Bonchev–Trinajstić information content (AvgIpc) is 2.56. The Labute approximate surface area is 76.2 Å². The van der Waals surface area contributed by atoms with E-state index in [9.17, 15) is 0 Å².